The number of aromatic nitrogens is 3. The number of anilines is 2. The predicted molar refractivity (Wildman–Crippen MR) is 120 cm³/mol. The summed E-state index contributed by atoms with van der Waals surface area (Å²) in [5, 5.41) is 14.5. The summed E-state index contributed by atoms with van der Waals surface area (Å²) >= 11 is 1.27. The summed E-state index contributed by atoms with van der Waals surface area (Å²) in [5.41, 5.74) is 1.93. The van der Waals surface area contributed by atoms with E-state index in [4.69, 9.17) is 9.47 Å². The van der Waals surface area contributed by atoms with E-state index in [0.717, 1.165) is 11.3 Å². The number of amides is 2. The molecule has 0 atom stereocenters. The third-order valence-corrected chi connectivity index (χ3v) is 5.33. The zero-order chi connectivity index (χ0) is 22.4. The maximum Gasteiger partial charge on any atom is 0.234 e. The third-order valence-electron chi connectivity index (χ3n) is 4.31. The van der Waals surface area contributed by atoms with Crippen molar-refractivity contribution in [1.82, 2.24) is 14.8 Å². The summed E-state index contributed by atoms with van der Waals surface area (Å²) < 4.78 is 12.3. The molecular weight excluding hydrogens is 418 g/mol. The van der Waals surface area contributed by atoms with Gasteiger partial charge in [-0.2, -0.15) is 0 Å². The van der Waals surface area contributed by atoms with E-state index in [0.29, 0.717) is 28.1 Å². The van der Waals surface area contributed by atoms with Gasteiger partial charge >= 0.3 is 0 Å². The molecule has 2 aromatic carbocycles. The molecule has 0 unspecified atom stereocenters. The Kier molecular flexibility index (Phi) is 7.14. The van der Waals surface area contributed by atoms with E-state index in [1.807, 2.05) is 35.9 Å². The highest BCUT2D eigenvalue weighted by molar-refractivity contribution is 7.99. The Morgan fingerprint density at radius 2 is 1.77 bits per heavy atom. The van der Waals surface area contributed by atoms with Crippen LogP contribution in [0.15, 0.2) is 47.6 Å². The highest BCUT2D eigenvalue weighted by atomic mass is 32.2. The molecule has 0 radical (unpaired) electrons. The van der Waals surface area contributed by atoms with E-state index < -0.39 is 0 Å². The minimum absolute atomic E-state index is 0.127. The van der Waals surface area contributed by atoms with E-state index in [1.54, 1.807) is 25.3 Å². The molecule has 0 bridgehead atoms. The molecule has 0 fully saturated rings. The molecule has 0 aliphatic heterocycles. The second-order valence-electron chi connectivity index (χ2n) is 6.53. The van der Waals surface area contributed by atoms with Crippen LogP contribution in [0.3, 0.4) is 0 Å². The Balaban J connectivity index is 1.66. The fourth-order valence-corrected chi connectivity index (χ4v) is 3.55. The number of ether oxygens (including phenoxy) is 2. The number of benzene rings is 2. The van der Waals surface area contributed by atoms with Crippen LogP contribution >= 0.6 is 11.8 Å². The molecular formula is C21H23N5O4S. The zero-order valence-electron chi connectivity index (χ0n) is 17.6. The molecule has 0 saturated heterocycles. The van der Waals surface area contributed by atoms with Gasteiger partial charge in [0.1, 0.15) is 11.5 Å². The fraction of sp³-hybridized carbons (Fsp3) is 0.238. The van der Waals surface area contributed by atoms with E-state index in [-0.39, 0.29) is 17.6 Å². The van der Waals surface area contributed by atoms with Gasteiger partial charge in [-0.25, -0.2) is 0 Å². The zero-order valence-corrected chi connectivity index (χ0v) is 18.4. The van der Waals surface area contributed by atoms with Gasteiger partial charge in [-0.05, 0) is 42.5 Å². The lowest BCUT2D eigenvalue weighted by Crippen LogP contribution is -2.15. The van der Waals surface area contributed by atoms with Crippen molar-refractivity contribution in [2.75, 3.05) is 30.6 Å². The van der Waals surface area contributed by atoms with Gasteiger partial charge in [0, 0.05) is 25.2 Å². The van der Waals surface area contributed by atoms with Crippen molar-refractivity contribution >= 4 is 35.0 Å². The maximum absolute atomic E-state index is 12.5. The number of hydrogen-bond acceptors (Lipinski definition) is 7. The second kappa shape index (κ2) is 9.98. The highest BCUT2D eigenvalue weighted by Crippen LogP contribution is 2.29. The molecule has 0 saturated carbocycles. The maximum atomic E-state index is 12.5. The number of thioether (sulfide) groups is 1. The normalized spacial score (nSPS) is 10.5. The molecule has 162 valence electrons. The largest absolute Gasteiger partial charge is 0.497 e. The first-order chi connectivity index (χ1) is 14.9. The smallest absolute Gasteiger partial charge is 0.234 e. The van der Waals surface area contributed by atoms with Gasteiger partial charge in [0.05, 0.1) is 25.7 Å². The quantitative estimate of drug-likeness (QED) is 0.517. The summed E-state index contributed by atoms with van der Waals surface area (Å²) in [7, 11) is 4.97. The molecule has 3 rings (SSSR count). The Bertz CT molecular complexity index is 1080. The molecule has 9 nitrogen and oxygen atoms in total. The molecule has 0 aliphatic carbocycles. The van der Waals surface area contributed by atoms with E-state index in [1.165, 1.54) is 25.8 Å². The van der Waals surface area contributed by atoms with Crippen LogP contribution in [0.25, 0.3) is 11.4 Å². The summed E-state index contributed by atoms with van der Waals surface area (Å²) in [6.07, 6.45) is 0. The fourth-order valence-electron chi connectivity index (χ4n) is 2.84. The van der Waals surface area contributed by atoms with Crippen molar-refractivity contribution < 1.29 is 19.1 Å². The number of carbonyl (C=O) groups excluding carboxylic acids is 2. The van der Waals surface area contributed by atoms with E-state index in [9.17, 15) is 9.59 Å². The lowest BCUT2D eigenvalue weighted by atomic mass is 10.2. The van der Waals surface area contributed by atoms with Crippen LogP contribution in [0.4, 0.5) is 11.4 Å². The average Bonchev–Trinajstić information content (AvgIpc) is 3.12. The SMILES string of the molecule is COc1ccc(-c2nnc(SCC(=O)Nc3cc(NC(C)=O)ccc3OC)n2C)cc1. The number of methoxy groups -OCH3 is 2. The van der Waals surface area contributed by atoms with Crippen LogP contribution in [0.5, 0.6) is 11.5 Å². The van der Waals surface area contributed by atoms with Crippen molar-refractivity contribution in [2.45, 2.75) is 12.1 Å². The number of nitrogens with one attached hydrogen (secondary N) is 2. The van der Waals surface area contributed by atoms with Crippen LogP contribution in [0.2, 0.25) is 0 Å². The van der Waals surface area contributed by atoms with Crippen molar-refractivity contribution in [1.29, 1.82) is 0 Å². The summed E-state index contributed by atoms with van der Waals surface area (Å²) in [6, 6.07) is 12.5. The van der Waals surface area contributed by atoms with Crippen LogP contribution in [0, 0.1) is 0 Å². The topological polar surface area (TPSA) is 107 Å². The Morgan fingerprint density at radius 1 is 1.03 bits per heavy atom. The Morgan fingerprint density at radius 3 is 2.42 bits per heavy atom. The summed E-state index contributed by atoms with van der Waals surface area (Å²) in [6.45, 7) is 1.42. The molecule has 0 aliphatic rings. The highest BCUT2D eigenvalue weighted by Gasteiger charge is 2.14. The van der Waals surface area contributed by atoms with Crippen LogP contribution in [-0.4, -0.2) is 46.6 Å². The summed E-state index contributed by atoms with van der Waals surface area (Å²) in [5.74, 6) is 1.63. The van der Waals surface area contributed by atoms with Crippen molar-refractivity contribution in [3.05, 3.63) is 42.5 Å². The molecule has 1 aromatic heterocycles. The number of hydrogen-bond donors (Lipinski definition) is 2. The van der Waals surface area contributed by atoms with Gasteiger partial charge in [0.15, 0.2) is 11.0 Å². The van der Waals surface area contributed by atoms with Gasteiger partial charge in [-0.15, -0.1) is 10.2 Å². The number of carbonyl (C=O) groups is 2. The lowest BCUT2D eigenvalue weighted by molar-refractivity contribution is -0.114. The minimum Gasteiger partial charge on any atom is -0.497 e. The van der Waals surface area contributed by atoms with Gasteiger partial charge in [0.2, 0.25) is 11.8 Å². The van der Waals surface area contributed by atoms with Crippen LogP contribution in [0.1, 0.15) is 6.92 Å². The van der Waals surface area contributed by atoms with Gasteiger partial charge in [-0.1, -0.05) is 11.8 Å². The Labute approximate surface area is 184 Å². The number of nitrogens with zero attached hydrogens (tertiary/aromatic N) is 3. The third kappa shape index (κ3) is 5.54. The van der Waals surface area contributed by atoms with Gasteiger partial charge in [-0.3, -0.25) is 9.59 Å². The predicted octanol–water partition coefficient (Wildman–Crippen LogP) is 3.19. The first-order valence-electron chi connectivity index (χ1n) is 9.33. The van der Waals surface area contributed by atoms with Crippen molar-refractivity contribution in [3.8, 4) is 22.9 Å². The van der Waals surface area contributed by atoms with E-state index >= 15 is 0 Å². The lowest BCUT2D eigenvalue weighted by Gasteiger charge is -2.12. The molecule has 1 heterocycles. The van der Waals surface area contributed by atoms with Crippen molar-refractivity contribution in [2.24, 2.45) is 7.05 Å². The molecule has 31 heavy (non-hydrogen) atoms. The average molecular weight is 442 g/mol. The monoisotopic (exact) mass is 441 g/mol. The minimum atomic E-state index is -0.239. The van der Waals surface area contributed by atoms with Gasteiger partial charge < -0.3 is 24.7 Å². The Hall–Kier alpha value is -3.53. The van der Waals surface area contributed by atoms with Crippen LogP contribution < -0.4 is 20.1 Å². The molecule has 10 heteroatoms. The number of rotatable bonds is 8. The molecule has 2 N–H and O–H groups in total. The van der Waals surface area contributed by atoms with Crippen molar-refractivity contribution in [3.63, 3.8) is 0 Å². The first kappa shape index (κ1) is 22.2. The second-order valence-corrected chi connectivity index (χ2v) is 7.47. The van der Waals surface area contributed by atoms with Gasteiger partial charge in [0.25, 0.3) is 0 Å². The summed E-state index contributed by atoms with van der Waals surface area (Å²) in [4.78, 5) is 23.8. The first-order valence-corrected chi connectivity index (χ1v) is 10.3. The standard InChI is InChI=1S/C21H23N5O4S/c1-13(27)22-15-7-10-18(30-4)17(11-15)23-19(28)12-31-21-25-24-20(26(21)2)14-5-8-16(29-3)9-6-14/h5-11H,12H2,1-4H3,(H,22,27)(H,23,28). The van der Waals surface area contributed by atoms with E-state index in [2.05, 4.69) is 20.8 Å². The molecule has 3 aromatic rings. The molecule has 0 spiro atoms. The molecule has 2 amide bonds. The van der Waals surface area contributed by atoms with Crippen LogP contribution in [-0.2, 0) is 16.6 Å².